The molecule has 6 heteroatoms. The number of thiazole rings is 1. The summed E-state index contributed by atoms with van der Waals surface area (Å²) in [6.07, 6.45) is 0.846. The van der Waals surface area contributed by atoms with Gasteiger partial charge in [-0.25, -0.2) is 9.37 Å². The maximum absolute atomic E-state index is 14.8. The Morgan fingerprint density at radius 3 is 2.64 bits per heavy atom. The summed E-state index contributed by atoms with van der Waals surface area (Å²) in [5, 5.41) is 3.84. The van der Waals surface area contributed by atoms with Gasteiger partial charge in [0.05, 0.1) is 19.2 Å². The SMILES string of the molecule is CNc1nc(C(C)c2ccc(-c3ccccc3)c(F)c2)c(CCC(=O)OC)s1. The van der Waals surface area contributed by atoms with Gasteiger partial charge in [-0.05, 0) is 23.6 Å². The number of esters is 1. The largest absolute Gasteiger partial charge is 0.469 e. The van der Waals surface area contributed by atoms with Gasteiger partial charge in [-0.3, -0.25) is 4.79 Å². The smallest absolute Gasteiger partial charge is 0.305 e. The van der Waals surface area contributed by atoms with E-state index in [1.807, 2.05) is 56.4 Å². The van der Waals surface area contributed by atoms with Crippen molar-refractivity contribution in [2.24, 2.45) is 0 Å². The zero-order chi connectivity index (χ0) is 20.1. The maximum Gasteiger partial charge on any atom is 0.305 e. The number of aryl methyl sites for hydroxylation is 1. The zero-order valence-electron chi connectivity index (χ0n) is 16.2. The highest BCUT2D eigenvalue weighted by Crippen LogP contribution is 2.34. The Morgan fingerprint density at radius 1 is 1.25 bits per heavy atom. The Bertz CT molecular complexity index is 956. The van der Waals surface area contributed by atoms with Crippen molar-refractivity contribution in [3.63, 3.8) is 0 Å². The third-order valence-corrected chi connectivity index (χ3v) is 5.86. The molecular formula is C22H23FN2O2S. The first-order chi connectivity index (χ1) is 13.5. The minimum atomic E-state index is -0.254. The first kappa shape index (κ1) is 20.0. The van der Waals surface area contributed by atoms with E-state index < -0.39 is 0 Å². The van der Waals surface area contributed by atoms with Crippen LogP contribution >= 0.6 is 11.3 Å². The van der Waals surface area contributed by atoms with Crippen molar-refractivity contribution in [3.8, 4) is 11.1 Å². The molecule has 1 atom stereocenters. The molecule has 146 valence electrons. The van der Waals surface area contributed by atoms with E-state index >= 15 is 0 Å². The monoisotopic (exact) mass is 398 g/mol. The van der Waals surface area contributed by atoms with Gasteiger partial charge in [0.1, 0.15) is 5.82 Å². The summed E-state index contributed by atoms with van der Waals surface area (Å²) in [5.74, 6) is -0.600. The van der Waals surface area contributed by atoms with Gasteiger partial charge >= 0.3 is 5.97 Å². The van der Waals surface area contributed by atoms with E-state index in [2.05, 4.69) is 10.3 Å². The van der Waals surface area contributed by atoms with Crippen LogP contribution in [0.4, 0.5) is 9.52 Å². The van der Waals surface area contributed by atoms with Crippen LogP contribution in [0.2, 0.25) is 0 Å². The molecule has 3 rings (SSSR count). The first-order valence-corrected chi connectivity index (χ1v) is 9.94. The molecule has 3 aromatic rings. The molecule has 1 aromatic heterocycles. The van der Waals surface area contributed by atoms with Crippen LogP contribution in [0, 0.1) is 5.82 Å². The first-order valence-electron chi connectivity index (χ1n) is 9.12. The number of aromatic nitrogens is 1. The van der Waals surface area contributed by atoms with Crippen molar-refractivity contribution in [3.05, 3.63) is 70.5 Å². The molecule has 0 spiro atoms. The van der Waals surface area contributed by atoms with E-state index in [4.69, 9.17) is 4.74 Å². The standard InChI is InChI=1S/C22H23FN2O2S/c1-14(21-19(11-12-20(26)27-3)28-22(24-2)25-21)16-9-10-17(18(23)13-16)15-7-5-4-6-8-15/h4-10,13-14H,11-12H2,1-3H3,(H,24,25). The van der Waals surface area contributed by atoms with Crippen molar-refractivity contribution in [2.45, 2.75) is 25.7 Å². The number of nitrogens with zero attached hydrogens (tertiary/aromatic N) is 1. The number of hydrogen-bond acceptors (Lipinski definition) is 5. The lowest BCUT2D eigenvalue weighted by molar-refractivity contribution is -0.140. The zero-order valence-corrected chi connectivity index (χ0v) is 17.0. The highest BCUT2D eigenvalue weighted by molar-refractivity contribution is 7.15. The maximum atomic E-state index is 14.8. The molecule has 0 saturated heterocycles. The average molecular weight is 399 g/mol. The van der Waals surface area contributed by atoms with Crippen LogP contribution in [0.25, 0.3) is 11.1 Å². The van der Waals surface area contributed by atoms with Crippen molar-refractivity contribution >= 4 is 22.4 Å². The van der Waals surface area contributed by atoms with Crippen LogP contribution < -0.4 is 5.32 Å². The van der Waals surface area contributed by atoms with Crippen molar-refractivity contribution in [2.75, 3.05) is 19.5 Å². The van der Waals surface area contributed by atoms with Gasteiger partial charge in [0.15, 0.2) is 5.13 Å². The molecule has 0 amide bonds. The number of halogens is 1. The number of anilines is 1. The van der Waals surface area contributed by atoms with Gasteiger partial charge in [0.2, 0.25) is 0 Å². The summed E-state index contributed by atoms with van der Waals surface area (Å²) < 4.78 is 19.5. The highest BCUT2D eigenvalue weighted by Gasteiger charge is 2.20. The van der Waals surface area contributed by atoms with E-state index in [0.29, 0.717) is 18.4 Å². The van der Waals surface area contributed by atoms with Gasteiger partial charge in [-0.1, -0.05) is 49.4 Å². The summed E-state index contributed by atoms with van der Waals surface area (Å²) in [6.45, 7) is 2.01. The molecule has 0 radical (unpaired) electrons. The Hall–Kier alpha value is -2.73. The molecule has 2 aromatic carbocycles. The number of ether oxygens (including phenoxy) is 1. The molecule has 28 heavy (non-hydrogen) atoms. The van der Waals surface area contributed by atoms with E-state index in [-0.39, 0.29) is 17.7 Å². The molecule has 0 fully saturated rings. The van der Waals surface area contributed by atoms with E-state index in [1.54, 1.807) is 6.07 Å². The summed E-state index contributed by atoms with van der Waals surface area (Å²) in [6, 6.07) is 14.8. The number of methoxy groups -OCH3 is 1. The van der Waals surface area contributed by atoms with Crippen molar-refractivity contribution in [1.29, 1.82) is 0 Å². The molecule has 1 heterocycles. The lowest BCUT2D eigenvalue weighted by Gasteiger charge is -2.13. The fourth-order valence-electron chi connectivity index (χ4n) is 3.12. The number of benzene rings is 2. The third kappa shape index (κ3) is 4.39. The molecule has 4 nitrogen and oxygen atoms in total. The van der Waals surface area contributed by atoms with Gasteiger partial charge < -0.3 is 10.1 Å². The number of carbonyl (C=O) groups is 1. The molecule has 0 aliphatic heterocycles. The number of hydrogen-bond donors (Lipinski definition) is 1. The predicted molar refractivity (Wildman–Crippen MR) is 111 cm³/mol. The Balaban J connectivity index is 1.89. The summed E-state index contributed by atoms with van der Waals surface area (Å²) >= 11 is 1.52. The molecule has 0 bridgehead atoms. The molecular weight excluding hydrogens is 375 g/mol. The normalized spacial score (nSPS) is 11.9. The molecule has 0 aliphatic carbocycles. The lowest BCUT2D eigenvalue weighted by atomic mass is 9.93. The minimum Gasteiger partial charge on any atom is -0.469 e. The topological polar surface area (TPSA) is 51.2 Å². The Labute approximate surface area is 168 Å². The van der Waals surface area contributed by atoms with E-state index in [1.165, 1.54) is 18.4 Å². The summed E-state index contributed by atoms with van der Waals surface area (Å²) in [4.78, 5) is 17.2. The quantitative estimate of drug-likeness (QED) is 0.553. The fourth-order valence-corrected chi connectivity index (χ4v) is 4.13. The number of rotatable bonds is 7. The van der Waals surface area contributed by atoms with Crippen LogP contribution in [0.3, 0.4) is 0 Å². The van der Waals surface area contributed by atoms with Crippen LogP contribution in [0.1, 0.15) is 35.4 Å². The molecule has 1 N–H and O–H groups in total. The van der Waals surface area contributed by atoms with Gasteiger partial charge in [0.25, 0.3) is 0 Å². The van der Waals surface area contributed by atoms with Crippen molar-refractivity contribution < 1.29 is 13.9 Å². The second kappa shape index (κ2) is 8.97. The fraction of sp³-hybridized carbons (Fsp3) is 0.273. The number of nitrogens with one attached hydrogen (secondary N) is 1. The van der Waals surface area contributed by atoms with Crippen molar-refractivity contribution in [1.82, 2.24) is 4.98 Å². The average Bonchev–Trinajstić information content (AvgIpc) is 3.15. The molecule has 0 aliphatic rings. The summed E-state index contributed by atoms with van der Waals surface area (Å²) in [5.41, 5.74) is 3.15. The van der Waals surface area contributed by atoms with Crippen LogP contribution in [-0.4, -0.2) is 25.1 Å². The number of carbonyl (C=O) groups excluding carboxylic acids is 1. The minimum absolute atomic E-state index is 0.0923. The van der Waals surface area contributed by atoms with Crippen LogP contribution in [-0.2, 0) is 16.0 Å². The van der Waals surface area contributed by atoms with Gasteiger partial charge in [-0.15, -0.1) is 11.3 Å². The summed E-state index contributed by atoms with van der Waals surface area (Å²) in [7, 11) is 3.19. The Morgan fingerprint density at radius 2 is 2.00 bits per heavy atom. The second-order valence-electron chi connectivity index (χ2n) is 6.48. The van der Waals surface area contributed by atoms with Crippen LogP contribution in [0.15, 0.2) is 48.5 Å². The second-order valence-corrected chi connectivity index (χ2v) is 7.56. The Kier molecular flexibility index (Phi) is 6.41. The van der Waals surface area contributed by atoms with Gasteiger partial charge in [0, 0.05) is 23.4 Å². The molecule has 1 unspecified atom stereocenters. The molecule has 0 saturated carbocycles. The van der Waals surface area contributed by atoms with E-state index in [9.17, 15) is 9.18 Å². The predicted octanol–water partition coefficient (Wildman–Crippen LogP) is 5.25. The van der Waals surface area contributed by atoms with Crippen LogP contribution in [0.5, 0.6) is 0 Å². The van der Waals surface area contributed by atoms with Gasteiger partial charge in [-0.2, -0.15) is 0 Å². The third-order valence-electron chi connectivity index (χ3n) is 4.71. The highest BCUT2D eigenvalue weighted by atomic mass is 32.1. The lowest BCUT2D eigenvalue weighted by Crippen LogP contribution is -2.05. The van der Waals surface area contributed by atoms with E-state index in [0.717, 1.165) is 26.8 Å².